The van der Waals surface area contributed by atoms with Crippen LogP contribution in [0.4, 0.5) is 0 Å². The molecule has 3 heterocycles. The van der Waals surface area contributed by atoms with Gasteiger partial charge in [-0.25, -0.2) is 4.79 Å². The van der Waals surface area contributed by atoms with Crippen molar-refractivity contribution < 1.29 is 14.4 Å². The number of fused-ring (bicyclic) bond motifs is 3. The van der Waals surface area contributed by atoms with Crippen LogP contribution in [0.5, 0.6) is 0 Å². The van der Waals surface area contributed by atoms with E-state index in [0.29, 0.717) is 11.5 Å². The summed E-state index contributed by atoms with van der Waals surface area (Å²) in [7, 11) is 0. The van der Waals surface area contributed by atoms with E-state index in [1.54, 1.807) is 4.90 Å². The van der Waals surface area contributed by atoms with Crippen LogP contribution in [0.2, 0.25) is 0 Å². The molecule has 4 rings (SSSR count). The van der Waals surface area contributed by atoms with Gasteiger partial charge in [0.2, 0.25) is 0 Å². The van der Waals surface area contributed by atoms with Gasteiger partial charge in [0.25, 0.3) is 0 Å². The number of hydrogen-bond donors (Lipinski definition) is 1. The molecule has 0 unspecified atom stereocenters. The second kappa shape index (κ2) is 4.49. The zero-order valence-electron chi connectivity index (χ0n) is 9.89. The minimum Gasteiger partial charge on any atom is -0.452 e. The molecule has 0 aromatic heterocycles. The fraction of sp³-hybridized carbons (Fsp3) is 0.500. The molecule has 1 aromatic carbocycles. The average molecular weight is 232 g/mol. The van der Waals surface area contributed by atoms with Gasteiger partial charge >= 0.3 is 5.97 Å². The van der Waals surface area contributed by atoms with Crippen molar-refractivity contribution in [3.63, 3.8) is 0 Å². The molecule has 3 aliphatic heterocycles. The van der Waals surface area contributed by atoms with Crippen LogP contribution < -0.4 is 4.90 Å². The maximum Gasteiger partial charge on any atom is 0.338 e. The summed E-state index contributed by atoms with van der Waals surface area (Å²) in [6.07, 6.45) is 2.56. The molecule has 0 saturated carbocycles. The molecule has 1 N–H and O–H groups in total. The second-order valence-electron chi connectivity index (χ2n) is 5.10. The first-order chi connectivity index (χ1) is 8.33. The first kappa shape index (κ1) is 10.8. The van der Waals surface area contributed by atoms with Crippen LogP contribution in [0.25, 0.3) is 0 Å². The molecule has 3 fully saturated rings. The van der Waals surface area contributed by atoms with Crippen LogP contribution in [-0.2, 0) is 4.74 Å². The Balaban J connectivity index is 1.66. The zero-order chi connectivity index (χ0) is 11.7. The fourth-order valence-electron chi connectivity index (χ4n) is 2.99. The Kier molecular flexibility index (Phi) is 2.85. The molecule has 1 aromatic rings. The number of ether oxygens (including phenoxy) is 1. The Labute approximate surface area is 101 Å². The Morgan fingerprint density at radius 1 is 1.18 bits per heavy atom. The Morgan fingerprint density at radius 2 is 1.88 bits per heavy atom. The van der Waals surface area contributed by atoms with Gasteiger partial charge in [0.05, 0.1) is 18.7 Å². The lowest BCUT2D eigenvalue weighted by Crippen LogP contribution is -3.16. The maximum atomic E-state index is 12.0. The van der Waals surface area contributed by atoms with E-state index in [-0.39, 0.29) is 12.1 Å². The molecule has 3 saturated heterocycles. The van der Waals surface area contributed by atoms with Crippen LogP contribution in [0.3, 0.4) is 0 Å². The lowest BCUT2D eigenvalue weighted by Gasteiger charge is -2.41. The summed E-state index contributed by atoms with van der Waals surface area (Å²) in [5.41, 5.74) is 0.666. The molecule has 2 bridgehead atoms. The molecular weight excluding hydrogens is 214 g/mol. The smallest absolute Gasteiger partial charge is 0.338 e. The Hall–Kier alpha value is -1.35. The summed E-state index contributed by atoms with van der Waals surface area (Å²) < 4.78 is 5.65. The Bertz CT molecular complexity index is 396. The predicted molar refractivity (Wildman–Crippen MR) is 63.9 cm³/mol. The summed E-state index contributed by atoms with van der Waals surface area (Å²) in [6, 6.07) is 9.29. The highest BCUT2D eigenvalue weighted by atomic mass is 16.5. The van der Waals surface area contributed by atoms with Crippen molar-refractivity contribution in [1.29, 1.82) is 0 Å². The van der Waals surface area contributed by atoms with Gasteiger partial charge in [0.15, 0.2) is 6.10 Å². The highest BCUT2D eigenvalue weighted by Crippen LogP contribution is 2.21. The van der Waals surface area contributed by atoms with Crippen molar-refractivity contribution in [2.24, 2.45) is 5.92 Å². The topological polar surface area (TPSA) is 30.7 Å². The van der Waals surface area contributed by atoms with Crippen molar-refractivity contribution >= 4 is 5.97 Å². The number of rotatable bonds is 2. The number of quaternary nitrogens is 1. The average Bonchev–Trinajstić information content (AvgIpc) is 2.41. The molecule has 3 heteroatoms. The molecule has 90 valence electrons. The zero-order valence-corrected chi connectivity index (χ0v) is 9.89. The summed E-state index contributed by atoms with van der Waals surface area (Å²) in [5, 5.41) is 0. The number of carbonyl (C=O) groups excluding carboxylic acids is 1. The van der Waals surface area contributed by atoms with E-state index in [1.165, 1.54) is 25.9 Å². The van der Waals surface area contributed by atoms with Crippen molar-refractivity contribution in [2.75, 3.05) is 19.6 Å². The van der Waals surface area contributed by atoms with E-state index in [0.717, 1.165) is 6.54 Å². The van der Waals surface area contributed by atoms with Gasteiger partial charge in [-0.3, -0.25) is 0 Å². The monoisotopic (exact) mass is 232 g/mol. The second-order valence-corrected chi connectivity index (χ2v) is 5.10. The van der Waals surface area contributed by atoms with Gasteiger partial charge in [-0.15, -0.1) is 0 Å². The SMILES string of the molecule is O=C(O[C@H]1C[NH+]2CCC1CC2)c1ccccc1. The van der Waals surface area contributed by atoms with Crippen molar-refractivity contribution in [2.45, 2.75) is 18.9 Å². The molecule has 0 amide bonds. The number of benzene rings is 1. The number of piperidine rings is 3. The van der Waals surface area contributed by atoms with Crippen LogP contribution in [0, 0.1) is 5.92 Å². The summed E-state index contributed by atoms with van der Waals surface area (Å²) in [4.78, 5) is 13.6. The van der Waals surface area contributed by atoms with E-state index in [4.69, 9.17) is 4.74 Å². The van der Waals surface area contributed by atoms with Crippen LogP contribution in [0.1, 0.15) is 23.2 Å². The third-order valence-electron chi connectivity index (χ3n) is 4.02. The van der Waals surface area contributed by atoms with E-state index < -0.39 is 0 Å². The third kappa shape index (κ3) is 2.20. The van der Waals surface area contributed by atoms with E-state index >= 15 is 0 Å². The van der Waals surface area contributed by atoms with Gasteiger partial charge < -0.3 is 9.64 Å². The number of carbonyl (C=O) groups is 1. The van der Waals surface area contributed by atoms with Gasteiger partial charge in [-0.05, 0) is 12.1 Å². The van der Waals surface area contributed by atoms with Crippen molar-refractivity contribution in [1.82, 2.24) is 0 Å². The minimum atomic E-state index is -0.163. The lowest BCUT2D eigenvalue weighted by atomic mass is 9.86. The number of hydrogen-bond acceptors (Lipinski definition) is 2. The summed E-state index contributed by atoms with van der Waals surface area (Å²) in [6.45, 7) is 3.51. The quantitative estimate of drug-likeness (QED) is 0.754. The van der Waals surface area contributed by atoms with Gasteiger partial charge in [-0.2, -0.15) is 0 Å². The molecule has 1 atom stereocenters. The van der Waals surface area contributed by atoms with Crippen molar-refractivity contribution in [3.8, 4) is 0 Å². The molecular formula is C14H18NO2+. The van der Waals surface area contributed by atoms with E-state index in [1.807, 2.05) is 30.3 Å². The van der Waals surface area contributed by atoms with Crippen LogP contribution in [-0.4, -0.2) is 31.7 Å². The molecule has 3 aliphatic rings. The Morgan fingerprint density at radius 3 is 2.47 bits per heavy atom. The third-order valence-corrected chi connectivity index (χ3v) is 4.02. The largest absolute Gasteiger partial charge is 0.452 e. The fourth-order valence-corrected chi connectivity index (χ4v) is 2.99. The first-order valence-electron chi connectivity index (χ1n) is 6.42. The molecule has 0 aliphatic carbocycles. The minimum absolute atomic E-state index is 0.139. The highest BCUT2D eigenvalue weighted by Gasteiger charge is 2.39. The van der Waals surface area contributed by atoms with Crippen molar-refractivity contribution in [3.05, 3.63) is 35.9 Å². The predicted octanol–water partition coefficient (Wildman–Crippen LogP) is 0.520. The standard InChI is InChI=1S/C14H17NO2/c16-14(12-4-2-1-3-5-12)17-13-10-15-8-6-11(13)7-9-15/h1-5,11,13H,6-10H2/p+1/t13-/m0/s1. The lowest BCUT2D eigenvalue weighted by molar-refractivity contribution is -0.920. The highest BCUT2D eigenvalue weighted by molar-refractivity contribution is 5.89. The molecule has 0 radical (unpaired) electrons. The molecule has 3 nitrogen and oxygen atoms in total. The first-order valence-corrected chi connectivity index (χ1v) is 6.42. The number of esters is 1. The van der Waals surface area contributed by atoms with Gasteiger partial charge in [0, 0.05) is 18.8 Å². The van der Waals surface area contributed by atoms with E-state index in [2.05, 4.69) is 0 Å². The van der Waals surface area contributed by atoms with Crippen LogP contribution in [0.15, 0.2) is 30.3 Å². The molecule has 17 heavy (non-hydrogen) atoms. The maximum absolute atomic E-state index is 12.0. The summed E-state index contributed by atoms with van der Waals surface area (Å²) in [5.74, 6) is 0.434. The normalized spacial score (nSPS) is 31.2. The molecule has 0 spiro atoms. The van der Waals surface area contributed by atoms with Gasteiger partial charge in [0.1, 0.15) is 6.54 Å². The van der Waals surface area contributed by atoms with Crippen LogP contribution >= 0.6 is 0 Å². The number of nitrogens with one attached hydrogen (secondary N) is 1. The van der Waals surface area contributed by atoms with Gasteiger partial charge in [-0.1, -0.05) is 18.2 Å². The summed E-state index contributed by atoms with van der Waals surface area (Å²) >= 11 is 0. The van der Waals surface area contributed by atoms with E-state index in [9.17, 15) is 4.79 Å².